The number of esters is 1. The number of ether oxygens (including phenoxy) is 2. The first kappa shape index (κ1) is 21.6. The number of rotatable bonds is 10. The first-order valence-electron chi connectivity index (χ1n) is 10.9. The average Bonchev–Trinajstić information content (AvgIpc) is 3.55. The van der Waals surface area contributed by atoms with Crippen molar-refractivity contribution in [2.24, 2.45) is 11.8 Å². The Hall–Kier alpha value is -2.11. The monoisotopic (exact) mass is 402 g/mol. The predicted octanol–water partition coefficient (Wildman–Crippen LogP) is 4.24. The van der Waals surface area contributed by atoms with Crippen LogP contribution in [0.3, 0.4) is 0 Å². The SMILES string of the molecule is CCC[C@@H](CNC(=O)c1ncc(C2CC2)cc1OCC1CC1)C(=O)OC(C)(C)C. The highest BCUT2D eigenvalue weighted by Gasteiger charge is 2.29. The zero-order valence-electron chi connectivity index (χ0n) is 18.1. The molecule has 1 N–H and O–H groups in total. The van der Waals surface area contributed by atoms with Crippen molar-refractivity contribution in [1.82, 2.24) is 10.3 Å². The molecule has 0 saturated heterocycles. The van der Waals surface area contributed by atoms with Gasteiger partial charge in [-0.3, -0.25) is 9.59 Å². The molecule has 0 aliphatic heterocycles. The molecule has 0 unspecified atom stereocenters. The molecule has 2 saturated carbocycles. The molecular formula is C23H34N2O4. The van der Waals surface area contributed by atoms with Gasteiger partial charge in [-0.05, 0) is 76.3 Å². The van der Waals surface area contributed by atoms with Gasteiger partial charge in [-0.25, -0.2) is 4.98 Å². The average molecular weight is 403 g/mol. The molecule has 160 valence electrons. The third-order valence-electron chi connectivity index (χ3n) is 5.20. The highest BCUT2D eigenvalue weighted by molar-refractivity contribution is 5.95. The molecule has 6 nitrogen and oxygen atoms in total. The normalized spacial score (nSPS) is 17.5. The summed E-state index contributed by atoms with van der Waals surface area (Å²) in [5.41, 5.74) is 0.899. The summed E-state index contributed by atoms with van der Waals surface area (Å²) >= 11 is 0. The van der Waals surface area contributed by atoms with Gasteiger partial charge in [0.15, 0.2) is 11.4 Å². The number of carbonyl (C=O) groups excluding carboxylic acids is 2. The summed E-state index contributed by atoms with van der Waals surface area (Å²) in [6.45, 7) is 8.42. The summed E-state index contributed by atoms with van der Waals surface area (Å²) in [6, 6.07) is 1.97. The van der Waals surface area contributed by atoms with E-state index in [1.165, 1.54) is 25.7 Å². The van der Waals surface area contributed by atoms with Crippen LogP contribution >= 0.6 is 0 Å². The molecule has 1 amide bonds. The second-order valence-electron chi connectivity index (χ2n) is 9.37. The lowest BCUT2D eigenvalue weighted by atomic mass is 10.0. The van der Waals surface area contributed by atoms with E-state index in [1.54, 1.807) is 6.20 Å². The Morgan fingerprint density at radius 2 is 1.97 bits per heavy atom. The topological polar surface area (TPSA) is 77.5 Å². The minimum Gasteiger partial charge on any atom is -0.491 e. The fourth-order valence-corrected chi connectivity index (χ4v) is 3.21. The van der Waals surface area contributed by atoms with E-state index >= 15 is 0 Å². The van der Waals surface area contributed by atoms with Crippen molar-refractivity contribution in [1.29, 1.82) is 0 Å². The van der Waals surface area contributed by atoms with Gasteiger partial charge in [0, 0.05) is 12.7 Å². The van der Waals surface area contributed by atoms with E-state index in [0.717, 1.165) is 12.0 Å². The highest BCUT2D eigenvalue weighted by Crippen LogP contribution is 2.41. The lowest BCUT2D eigenvalue weighted by Gasteiger charge is -2.24. The first-order valence-corrected chi connectivity index (χ1v) is 10.9. The summed E-state index contributed by atoms with van der Waals surface area (Å²) in [5, 5.41) is 2.88. The number of aromatic nitrogens is 1. The molecule has 1 heterocycles. The minimum atomic E-state index is -0.545. The molecule has 29 heavy (non-hydrogen) atoms. The van der Waals surface area contributed by atoms with Crippen molar-refractivity contribution >= 4 is 11.9 Å². The lowest BCUT2D eigenvalue weighted by molar-refractivity contribution is -0.160. The van der Waals surface area contributed by atoms with Gasteiger partial charge in [0.2, 0.25) is 0 Å². The van der Waals surface area contributed by atoms with Gasteiger partial charge in [-0.1, -0.05) is 13.3 Å². The van der Waals surface area contributed by atoms with Gasteiger partial charge in [0.25, 0.3) is 5.91 Å². The van der Waals surface area contributed by atoms with Crippen LogP contribution < -0.4 is 10.1 Å². The number of pyridine rings is 1. The van der Waals surface area contributed by atoms with Crippen molar-refractivity contribution in [3.63, 3.8) is 0 Å². The molecule has 1 aromatic heterocycles. The number of hydrogen-bond donors (Lipinski definition) is 1. The van der Waals surface area contributed by atoms with E-state index < -0.39 is 5.60 Å². The van der Waals surface area contributed by atoms with Crippen LogP contribution in [-0.2, 0) is 9.53 Å². The predicted molar refractivity (Wildman–Crippen MR) is 111 cm³/mol. The van der Waals surface area contributed by atoms with Crippen LogP contribution in [0, 0.1) is 11.8 Å². The zero-order chi connectivity index (χ0) is 21.0. The van der Waals surface area contributed by atoms with Gasteiger partial charge in [0.1, 0.15) is 5.60 Å². The molecule has 2 aliphatic rings. The van der Waals surface area contributed by atoms with Crippen LogP contribution in [0.4, 0.5) is 0 Å². The minimum absolute atomic E-state index is 0.232. The smallest absolute Gasteiger partial charge is 0.311 e. The Balaban J connectivity index is 1.65. The van der Waals surface area contributed by atoms with E-state index in [2.05, 4.69) is 10.3 Å². The zero-order valence-corrected chi connectivity index (χ0v) is 18.1. The number of nitrogens with zero attached hydrogens (tertiary/aromatic N) is 1. The van der Waals surface area contributed by atoms with Crippen LogP contribution in [-0.4, -0.2) is 35.6 Å². The van der Waals surface area contributed by atoms with Gasteiger partial charge in [0.05, 0.1) is 12.5 Å². The molecule has 6 heteroatoms. The summed E-state index contributed by atoms with van der Waals surface area (Å²) in [6.07, 6.45) is 8.00. The van der Waals surface area contributed by atoms with Crippen LogP contribution in [0.1, 0.15) is 88.2 Å². The maximum atomic E-state index is 12.8. The number of amides is 1. The second-order valence-corrected chi connectivity index (χ2v) is 9.37. The molecule has 2 fully saturated rings. The molecule has 0 radical (unpaired) electrons. The van der Waals surface area contributed by atoms with E-state index in [4.69, 9.17) is 9.47 Å². The fraction of sp³-hybridized carbons (Fsp3) is 0.696. The Kier molecular flexibility index (Phi) is 6.81. The molecule has 3 rings (SSSR count). The Bertz CT molecular complexity index is 733. The van der Waals surface area contributed by atoms with Crippen molar-refractivity contribution < 1.29 is 19.1 Å². The standard InChI is InChI=1S/C23H34N2O4/c1-5-6-17(22(27)29-23(2,3)4)12-25-21(26)20-19(28-14-15-7-8-15)11-18(13-24-20)16-9-10-16/h11,13,15-17H,5-10,12,14H2,1-4H3,(H,25,26)/t17-/m0/s1. The van der Waals surface area contributed by atoms with Gasteiger partial charge in [-0.15, -0.1) is 0 Å². The fourth-order valence-electron chi connectivity index (χ4n) is 3.21. The largest absolute Gasteiger partial charge is 0.491 e. The summed E-state index contributed by atoms with van der Waals surface area (Å²) in [7, 11) is 0. The van der Waals surface area contributed by atoms with Crippen LogP contribution in [0.15, 0.2) is 12.3 Å². The second kappa shape index (κ2) is 9.14. The van der Waals surface area contributed by atoms with Crippen LogP contribution in [0.5, 0.6) is 5.75 Å². The molecule has 0 bridgehead atoms. The quantitative estimate of drug-likeness (QED) is 0.593. The van der Waals surface area contributed by atoms with Crippen molar-refractivity contribution in [3.05, 3.63) is 23.5 Å². The highest BCUT2D eigenvalue weighted by atomic mass is 16.6. The summed E-state index contributed by atoms with van der Waals surface area (Å²) < 4.78 is 11.5. The van der Waals surface area contributed by atoms with E-state index in [-0.39, 0.29) is 24.3 Å². The van der Waals surface area contributed by atoms with Gasteiger partial charge < -0.3 is 14.8 Å². The Labute approximate surface area is 173 Å². The Morgan fingerprint density at radius 1 is 1.24 bits per heavy atom. The van der Waals surface area contributed by atoms with Crippen molar-refractivity contribution in [3.8, 4) is 5.75 Å². The number of carbonyl (C=O) groups is 2. The maximum Gasteiger partial charge on any atom is 0.311 e. The van der Waals surface area contributed by atoms with Gasteiger partial charge >= 0.3 is 5.97 Å². The number of hydrogen-bond acceptors (Lipinski definition) is 5. The Morgan fingerprint density at radius 3 is 2.55 bits per heavy atom. The third kappa shape index (κ3) is 6.72. The maximum absolute atomic E-state index is 12.8. The molecule has 2 aliphatic carbocycles. The summed E-state index contributed by atoms with van der Waals surface area (Å²) in [4.78, 5) is 29.7. The first-order chi connectivity index (χ1) is 13.8. The van der Waals surface area contributed by atoms with Crippen molar-refractivity contribution in [2.75, 3.05) is 13.2 Å². The van der Waals surface area contributed by atoms with Crippen LogP contribution in [0.2, 0.25) is 0 Å². The molecule has 0 aromatic carbocycles. The third-order valence-corrected chi connectivity index (χ3v) is 5.20. The van der Waals surface area contributed by atoms with E-state index in [1.807, 2.05) is 33.8 Å². The number of nitrogens with one attached hydrogen (secondary N) is 1. The van der Waals surface area contributed by atoms with E-state index in [0.29, 0.717) is 36.3 Å². The van der Waals surface area contributed by atoms with Crippen molar-refractivity contribution in [2.45, 2.75) is 77.7 Å². The lowest BCUT2D eigenvalue weighted by Crippen LogP contribution is -2.37. The van der Waals surface area contributed by atoms with E-state index in [9.17, 15) is 9.59 Å². The molecule has 0 spiro atoms. The molecular weight excluding hydrogens is 368 g/mol. The van der Waals surface area contributed by atoms with Gasteiger partial charge in [-0.2, -0.15) is 0 Å². The molecule has 1 aromatic rings. The molecule has 1 atom stereocenters. The van der Waals surface area contributed by atoms with Crippen LogP contribution in [0.25, 0.3) is 0 Å². The summed E-state index contributed by atoms with van der Waals surface area (Å²) in [5.74, 6) is 0.748.